The molecule has 0 N–H and O–H groups in total. The molecule has 0 saturated heterocycles. The van der Waals surface area contributed by atoms with Gasteiger partial charge in [-0.05, 0) is 42.7 Å². The van der Waals surface area contributed by atoms with Gasteiger partial charge < -0.3 is 4.74 Å². The summed E-state index contributed by atoms with van der Waals surface area (Å²) in [5.74, 6) is 0.939. The maximum atomic E-state index is 5.97. The summed E-state index contributed by atoms with van der Waals surface area (Å²) in [4.78, 5) is 4.13. The Balaban J connectivity index is 1.88. The third-order valence-corrected chi connectivity index (χ3v) is 3.26. The second-order valence-electron chi connectivity index (χ2n) is 4.18. The molecule has 1 aliphatic heterocycles. The highest BCUT2D eigenvalue weighted by Crippen LogP contribution is 2.35. The molecule has 2 aromatic rings. The lowest BCUT2D eigenvalue weighted by atomic mass is 9.98. The molecule has 0 spiro atoms. The van der Waals surface area contributed by atoms with Crippen molar-refractivity contribution in [3.8, 4) is 5.75 Å². The maximum absolute atomic E-state index is 5.97. The van der Waals surface area contributed by atoms with Crippen LogP contribution in [0.5, 0.6) is 5.75 Å². The molecule has 1 unspecified atom stereocenters. The van der Waals surface area contributed by atoms with Gasteiger partial charge in [-0.2, -0.15) is 0 Å². The standard InChI is InChI=1S/C14H12ClNO/c15-12-4-6-13-10(8-12)3-5-14(17-13)11-2-1-7-16-9-11/h1-2,4,6-9,14H,3,5H2. The van der Waals surface area contributed by atoms with Crippen LogP contribution in [-0.2, 0) is 6.42 Å². The SMILES string of the molecule is Clc1ccc2c(c1)CCC(c1cccnc1)O2. The van der Waals surface area contributed by atoms with Crippen molar-refractivity contribution in [3.63, 3.8) is 0 Å². The van der Waals surface area contributed by atoms with Gasteiger partial charge in [-0.3, -0.25) is 4.98 Å². The van der Waals surface area contributed by atoms with E-state index in [0.717, 1.165) is 29.2 Å². The van der Waals surface area contributed by atoms with Crippen molar-refractivity contribution in [1.82, 2.24) is 4.98 Å². The minimum Gasteiger partial charge on any atom is -0.485 e. The summed E-state index contributed by atoms with van der Waals surface area (Å²) >= 11 is 5.96. The number of pyridine rings is 1. The number of fused-ring (bicyclic) bond motifs is 1. The van der Waals surface area contributed by atoms with E-state index in [2.05, 4.69) is 11.1 Å². The Bertz CT molecular complexity index is 527. The number of hydrogen-bond acceptors (Lipinski definition) is 2. The first-order valence-corrected chi connectivity index (χ1v) is 6.06. The number of hydrogen-bond donors (Lipinski definition) is 0. The minimum absolute atomic E-state index is 0.109. The van der Waals surface area contributed by atoms with Gasteiger partial charge in [-0.25, -0.2) is 0 Å². The summed E-state index contributed by atoms with van der Waals surface area (Å²) in [5.41, 5.74) is 2.32. The van der Waals surface area contributed by atoms with Gasteiger partial charge in [0.25, 0.3) is 0 Å². The van der Waals surface area contributed by atoms with Crippen LogP contribution in [-0.4, -0.2) is 4.98 Å². The van der Waals surface area contributed by atoms with Crippen LogP contribution in [0.15, 0.2) is 42.7 Å². The highest BCUT2D eigenvalue weighted by atomic mass is 35.5. The van der Waals surface area contributed by atoms with Crippen molar-refractivity contribution in [3.05, 3.63) is 58.9 Å². The van der Waals surface area contributed by atoms with E-state index in [-0.39, 0.29) is 6.10 Å². The summed E-state index contributed by atoms with van der Waals surface area (Å²) in [5, 5.41) is 0.771. The largest absolute Gasteiger partial charge is 0.485 e. The summed E-state index contributed by atoms with van der Waals surface area (Å²) in [6.45, 7) is 0. The smallest absolute Gasteiger partial charge is 0.126 e. The topological polar surface area (TPSA) is 22.1 Å². The number of aryl methyl sites for hydroxylation is 1. The van der Waals surface area contributed by atoms with Gasteiger partial charge in [0.2, 0.25) is 0 Å². The number of rotatable bonds is 1. The number of benzene rings is 1. The van der Waals surface area contributed by atoms with Crippen molar-refractivity contribution in [2.75, 3.05) is 0 Å². The summed E-state index contributed by atoms with van der Waals surface area (Å²) in [6.07, 6.45) is 5.72. The Morgan fingerprint density at radius 3 is 3.06 bits per heavy atom. The van der Waals surface area contributed by atoms with Gasteiger partial charge in [0.1, 0.15) is 11.9 Å². The number of halogens is 1. The van der Waals surface area contributed by atoms with E-state index < -0.39 is 0 Å². The van der Waals surface area contributed by atoms with E-state index in [1.54, 1.807) is 6.20 Å². The number of aromatic nitrogens is 1. The van der Waals surface area contributed by atoms with E-state index in [4.69, 9.17) is 16.3 Å². The van der Waals surface area contributed by atoms with Crippen LogP contribution in [0.2, 0.25) is 5.02 Å². The molecule has 0 aliphatic carbocycles. The van der Waals surface area contributed by atoms with E-state index in [0.29, 0.717) is 0 Å². The van der Waals surface area contributed by atoms with Gasteiger partial charge in [-0.15, -0.1) is 0 Å². The van der Waals surface area contributed by atoms with E-state index in [9.17, 15) is 0 Å². The second-order valence-corrected chi connectivity index (χ2v) is 4.62. The first kappa shape index (κ1) is 10.6. The third-order valence-electron chi connectivity index (χ3n) is 3.02. The molecule has 3 heteroatoms. The number of nitrogens with zero attached hydrogens (tertiary/aromatic N) is 1. The lowest BCUT2D eigenvalue weighted by molar-refractivity contribution is 0.176. The third kappa shape index (κ3) is 2.13. The molecule has 1 atom stereocenters. The molecule has 86 valence electrons. The Morgan fingerprint density at radius 1 is 1.29 bits per heavy atom. The van der Waals surface area contributed by atoms with E-state index >= 15 is 0 Å². The van der Waals surface area contributed by atoms with Crippen molar-refractivity contribution in [2.24, 2.45) is 0 Å². The highest BCUT2D eigenvalue weighted by Gasteiger charge is 2.21. The Hall–Kier alpha value is -1.54. The molecule has 0 saturated carbocycles. The average Bonchev–Trinajstić information content (AvgIpc) is 2.39. The first-order valence-electron chi connectivity index (χ1n) is 5.68. The summed E-state index contributed by atoms with van der Waals surface area (Å²) in [6, 6.07) is 9.79. The Labute approximate surface area is 105 Å². The molecule has 2 nitrogen and oxygen atoms in total. The van der Waals surface area contributed by atoms with Crippen LogP contribution in [0.3, 0.4) is 0 Å². The van der Waals surface area contributed by atoms with Gasteiger partial charge in [0, 0.05) is 23.0 Å². The lowest BCUT2D eigenvalue weighted by Crippen LogP contribution is -2.15. The first-order chi connectivity index (χ1) is 8.33. The predicted octanol–water partition coefficient (Wildman–Crippen LogP) is 3.80. The zero-order valence-corrected chi connectivity index (χ0v) is 10.0. The molecule has 2 heterocycles. The van der Waals surface area contributed by atoms with Crippen molar-refractivity contribution in [2.45, 2.75) is 18.9 Å². The van der Waals surface area contributed by atoms with Crippen LogP contribution >= 0.6 is 11.6 Å². The summed E-state index contributed by atoms with van der Waals surface area (Å²) in [7, 11) is 0. The quantitative estimate of drug-likeness (QED) is 0.762. The zero-order chi connectivity index (χ0) is 11.7. The lowest BCUT2D eigenvalue weighted by Gasteiger charge is -2.26. The zero-order valence-electron chi connectivity index (χ0n) is 9.27. The molecular weight excluding hydrogens is 234 g/mol. The van der Waals surface area contributed by atoms with Crippen LogP contribution in [0, 0.1) is 0 Å². The monoisotopic (exact) mass is 245 g/mol. The molecule has 0 amide bonds. The normalized spacial score (nSPS) is 18.3. The Morgan fingerprint density at radius 2 is 2.24 bits per heavy atom. The van der Waals surface area contributed by atoms with Crippen LogP contribution in [0.1, 0.15) is 23.7 Å². The highest BCUT2D eigenvalue weighted by molar-refractivity contribution is 6.30. The van der Waals surface area contributed by atoms with Gasteiger partial charge >= 0.3 is 0 Å². The second kappa shape index (κ2) is 4.38. The van der Waals surface area contributed by atoms with Crippen LogP contribution < -0.4 is 4.74 Å². The molecule has 1 aromatic heterocycles. The van der Waals surface area contributed by atoms with E-state index in [1.165, 1.54) is 5.56 Å². The van der Waals surface area contributed by atoms with Crippen LogP contribution in [0.4, 0.5) is 0 Å². The average molecular weight is 246 g/mol. The molecule has 0 bridgehead atoms. The minimum atomic E-state index is 0.109. The van der Waals surface area contributed by atoms with Gasteiger partial charge in [-0.1, -0.05) is 17.7 Å². The molecule has 0 fully saturated rings. The van der Waals surface area contributed by atoms with Crippen molar-refractivity contribution < 1.29 is 4.74 Å². The molecule has 1 aromatic carbocycles. The molecule has 3 rings (SSSR count). The number of ether oxygens (including phenoxy) is 1. The summed E-state index contributed by atoms with van der Waals surface area (Å²) < 4.78 is 5.97. The fourth-order valence-corrected chi connectivity index (χ4v) is 2.35. The van der Waals surface area contributed by atoms with E-state index in [1.807, 2.05) is 30.5 Å². The molecular formula is C14H12ClNO. The van der Waals surface area contributed by atoms with Crippen molar-refractivity contribution in [1.29, 1.82) is 0 Å². The molecule has 17 heavy (non-hydrogen) atoms. The molecule has 0 radical (unpaired) electrons. The Kier molecular flexibility index (Phi) is 2.73. The van der Waals surface area contributed by atoms with Crippen molar-refractivity contribution >= 4 is 11.6 Å². The molecule has 1 aliphatic rings. The fourth-order valence-electron chi connectivity index (χ4n) is 2.16. The predicted molar refractivity (Wildman–Crippen MR) is 67.4 cm³/mol. The fraction of sp³-hybridized carbons (Fsp3) is 0.214. The van der Waals surface area contributed by atoms with Gasteiger partial charge in [0.05, 0.1) is 0 Å². The van der Waals surface area contributed by atoms with Gasteiger partial charge in [0.15, 0.2) is 0 Å². The van der Waals surface area contributed by atoms with Crippen LogP contribution in [0.25, 0.3) is 0 Å². The maximum Gasteiger partial charge on any atom is 0.126 e.